The van der Waals surface area contributed by atoms with Crippen LogP contribution in [-0.2, 0) is 11.2 Å². The minimum absolute atomic E-state index is 0.193. The van der Waals surface area contributed by atoms with Crippen LogP contribution in [0.2, 0.25) is 0 Å². The minimum Gasteiger partial charge on any atom is -0.481 e. The molecule has 1 heterocycles. The standard InChI is InChI=1S/C17H26N2O2/c1-2-15-7-3-4-8-16(15)19(12-9-17(20)21)14-13-18-10-5-6-11-18/h3-4,7-8H,2,5-6,9-14H2,1H3,(H,20,21). The first-order valence-corrected chi connectivity index (χ1v) is 7.97. The molecule has 1 saturated heterocycles. The van der Waals surface area contributed by atoms with Gasteiger partial charge < -0.3 is 14.9 Å². The number of benzene rings is 1. The van der Waals surface area contributed by atoms with E-state index in [1.165, 1.54) is 37.2 Å². The second-order valence-electron chi connectivity index (χ2n) is 5.66. The van der Waals surface area contributed by atoms with E-state index in [1.807, 2.05) is 6.07 Å². The van der Waals surface area contributed by atoms with Crippen molar-refractivity contribution in [2.75, 3.05) is 37.6 Å². The molecular formula is C17H26N2O2. The van der Waals surface area contributed by atoms with Gasteiger partial charge in [0.15, 0.2) is 0 Å². The summed E-state index contributed by atoms with van der Waals surface area (Å²) in [5.74, 6) is -0.727. The lowest BCUT2D eigenvalue weighted by atomic mass is 10.1. The summed E-state index contributed by atoms with van der Waals surface area (Å²) < 4.78 is 0. The highest BCUT2D eigenvalue weighted by atomic mass is 16.4. The van der Waals surface area contributed by atoms with E-state index >= 15 is 0 Å². The molecule has 2 rings (SSSR count). The van der Waals surface area contributed by atoms with Crippen LogP contribution in [0.1, 0.15) is 31.7 Å². The maximum atomic E-state index is 10.9. The molecule has 1 fully saturated rings. The number of para-hydroxylation sites is 1. The van der Waals surface area contributed by atoms with Gasteiger partial charge in [0.2, 0.25) is 0 Å². The molecule has 21 heavy (non-hydrogen) atoms. The van der Waals surface area contributed by atoms with Crippen LogP contribution in [0.4, 0.5) is 5.69 Å². The van der Waals surface area contributed by atoms with Gasteiger partial charge in [-0.2, -0.15) is 0 Å². The predicted molar refractivity (Wildman–Crippen MR) is 86.0 cm³/mol. The topological polar surface area (TPSA) is 43.8 Å². The SMILES string of the molecule is CCc1ccccc1N(CCC(=O)O)CCN1CCCC1. The molecule has 1 aromatic carbocycles. The van der Waals surface area contributed by atoms with Crippen LogP contribution in [0, 0.1) is 0 Å². The van der Waals surface area contributed by atoms with Gasteiger partial charge in [-0.1, -0.05) is 25.1 Å². The Morgan fingerprint density at radius 3 is 2.62 bits per heavy atom. The van der Waals surface area contributed by atoms with Gasteiger partial charge in [0, 0.05) is 25.3 Å². The number of rotatable bonds is 8. The fourth-order valence-electron chi connectivity index (χ4n) is 2.97. The largest absolute Gasteiger partial charge is 0.481 e. The maximum Gasteiger partial charge on any atom is 0.305 e. The Bertz CT molecular complexity index is 456. The van der Waals surface area contributed by atoms with Gasteiger partial charge >= 0.3 is 5.97 Å². The van der Waals surface area contributed by atoms with Crippen LogP contribution in [0.15, 0.2) is 24.3 Å². The highest BCUT2D eigenvalue weighted by Crippen LogP contribution is 2.21. The zero-order valence-corrected chi connectivity index (χ0v) is 12.9. The van der Waals surface area contributed by atoms with Crippen LogP contribution < -0.4 is 4.90 Å². The van der Waals surface area contributed by atoms with Crippen LogP contribution in [0.3, 0.4) is 0 Å². The van der Waals surface area contributed by atoms with Gasteiger partial charge in [0.1, 0.15) is 0 Å². The van der Waals surface area contributed by atoms with E-state index in [9.17, 15) is 4.79 Å². The molecule has 4 heteroatoms. The van der Waals surface area contributed by atoms with E-state index in [4.69, 9.17) is 5.11 Å². The van der Waals surface area contributed by atoms with Crippen molar-refractivity contribution in [3.8, 4) is 0 Å². The number of nitrogens with zero attached hydrogens (tertiary/aromatic N) is 2. The quantitative estimate of drug-likeness (QED) is 0.799. The molecule has 4 nitrogen and oxygen atoms in total. The minimum atomic E-state index is -0.727. The lowest BCUT2D eigenvalue weighted by molar-refractivity contribution is -0.136. The first-order valence-electron chi connectivity index (χ1n) is 7.97. The average molecular weight is 290 g/mol. The van der Waals surface area contributed by atoms with E-state index in [1.54, 1.807) is 0 Å². The van der Waals surface area contributed by atoms with Crippen molar-refractivity contribution >= 4 is 11.7 Å². The summed E-state index contributed by atoms with van der Waals surface area (Å²) in [6.45, 7) is 7.03. The van der Waals surface area contributed by atoms with Gasteiger partial charge in [0.05, 0.1) is 6.42 Å². The first-order chi connectivity index (χ1) is 10.2. The number of likely N-dealkylation sites (tertiary alicyclic amines) is 1. The predicted octanol–water partition coefficient (Wildman–Crippen LogP) is 2.63. The molecule has 0 amide bonds. The van der Waals surface area contributed by atoms with Gasteiger partial charge in [-0.3, -0.25) is 4.79 Å². The summed E-state index contributed by atoms with van der Waals surface area (Å²) in [5.41, 5.74) is 2.49. The third-order valence-corrected chi connectivity index (χ3v) is 4.19. The van der Waals surface area contributed by atoms with E-state index in [2.05, 4.69) is 34.9 Å². The average Bonchev–Trinajstić information content (AvgIpc) is 3.00. The van der Waals surface area contributed by atoms with E-state index < -0.39 is 5.97 Å². The molecule has 0 aromatic heterocycles. The molecule has 1 aliphatic rings. The summed E-state index contributed by atoms with van der Waals surface area (Å²) in [5, 5.41) is 8.98. The van der Waals surface area contributed by atoms with Crippen LogP contribution in [0.25, 0.3) is 0 Å². The third kappa shape index (κ3) is 4.74. The molecule has 1 aliphatic heterocycles. The lowest BCUT2D eigenvalue weighted by Crippen LogP contribution is -2.35. The highest BCUT2D eigenvalue weighted by molar-refractivity contribution is 5.68. The maximum absolute atomic E-state index is 10.9. The molecule has 0 spiro atoms. The van der Waals surface area contributed by atoms with Crippen molar-refractivity contribution in [2.24, 2.45) is 0 Å². The van der Waals surface area contributed by atoms with Gasteiger partial charge in [-0.05, 0) is 44.0 Å². The second-order valence-corrected chi connectivity index (χ2v) is 5.66. The van der Waals surface area contributed by atoms with Crippen molar-refractivity contribution in [3.05, 3.63) is 29.8 Å². The first kappa shape index (κ1) is 15.8. The molecule has 116 valence electrons. The Morgan fingerprint density at radius 2 is 1.95 bits per heavy atom. The van der Waals surface area contributed by atoms with Gasteiger partial charge in [0.25, 0.3) is 0 Å². The molecular weight excluding hydrogens is 264 g/mol. The number of aryl methyl sites for hydroxylation is 1. The van der Waals surface area contributed by atoms with Crippen molar-refractivity contribution in [1.82, 2.24) is 4.90 Å². The normalized spacial score (nSPS) is 15.3. The van der Waals surface area contributed by atoms with Crippen LogP contribution in [-0.4, -0.2) is 48.7 Å². The van der Waals surface area contributed by atoms with E-state index in [0.717, 1.165) is 19.5 Å². The number of carboxylic acid groups (broad SMARTS) is 1. The molecule has 1 aromatic rings. The van der Waals surface area contributed by atoms with E-state index in [-0.39, 0.29) is 6.42 Å². The number of carbonyl (C=O) groups is 1. The molecule has 0 atom stereocenters. The number of hydrogen-bond acceptors (Lipinski definition) is 3. The third-order valence-electron chi connectivity index (χ3n) is 4.19. The molecule has 0 bridgehead atoms. The Balaban J connectivity index is 2.04. The van der Waals surface area contributed by atoms with E-state index in [0.29, 0.717) is 6.54 Å². The molecule has 0 radical (unpaired) electrons. The van der Waals surface area contributed by atoms with Crippen molar-refractivity contribution < 1.29 is 9.90 Å². The van der Waals surface area contributed by atoms with Crippen molar-refractivity contribution in [1.29, 1.82) is 0 Å². The van der Waals surface area contributed by atoms with Crippen LogP contribution >= 0.6 is 0 Å². The lowest BCUT2D eigenvalue weighted by Gasteiger charge is -2.28. The van der Waals surface area contributed by atoms with Gasteiger partial charge in [-0.15, -0.1) is 0 Å². The summed E-state index contributed by atoms with van der Waals surface area (Å²) in [7, 11) is 0. The Kier molecular flexibility index (Phi) is 6.05. The number of aliphatic carboxylic acids is 1. The van der Waals surface area contributed by atoms with Crippen molar-refractivity contribution in [2.45, 2.75) is 32.6 Å². The monoisotopic (exact) mass is 290 g/mol. The molecule has 0 aliphatic carbocycles. The fourth-order valence-corrected chi connectivity index (χ4v) is 2.97. The summed E-state index contributed by atoms with van der Waals surface area (Å²) in [6, 6.07) is 8.35. The molecule has 0 saturated carbocycles. The fraction of sp³-hybridized carbons (Fsp3) is 0.588. The van der Waals surface area contributed by atoms with Gasteiger partial charge in [-0.25, -0.2) is 0 Å². The number of carboxylic acids is 1. The summed E-state index contributed by atoms with van der Waals surface area (Å²) in [6.07, 6.45) is 3.75. The second kappa shape index (κ2) is 8.03. The summed E-state index contributed by atoms with van der Waals surface area (Å²) >= 11 is 0. The molecule has 1 N–H and O–H groups in total. The Hall–Kier alpha value is -1.55. The summed E-state index contributed by atoms with van der Waals surface area (Å²) in [4.78, 5) is 15.6. The Labute approximate surface area is 127 Å². The van der Waals surface area contributed by atoms with Crippen molar-refractivity contribution in [3.63, 3.8) is 0 Å². The highest BCUT2D eigenvalue weighted by Gasteiger charge is 2.15. The number of anilines is 1. The molecule has 0 unspecified atom stereocenters. The Morgan fingerprint density at radius 1 is 1.24 bits per heavy atom. The zero-order valence-electron chi connectivity index (χ0n) is 12.9. The number of hydrogen-bond donors (Lipinski definition) is 1. The zero-order chi connectivity index (χ0) is 15.1. The van der Waals surface area contributed by atoms with Crippen LogP contribution in [0.5, 0.6) is 0 Å². The smallest absolute Gasteiger partial charge is 0.305 e.